The van der Waals surface area contributed by atoms with Crippen molar-refractivity contribution >= 4 is 69.0 Å². The van der Waals surface area contributed by atoms with Gasteiger partial charge < -0.3 is 30.9 Å². The summed E-state index contributed by atoms with van der Waals surface area (Å²) >= 11 is 12.4. The van der Waals surface area contributed by atoms with Crippen LogP contribution in [0.3, 0.4) is 0 Å². The highest BCUT2D eigenvalue weighted by atomic mass is 35.5. The van der Waals surface area contributed by atoms with Crippen LogP contribution in [0.15, 0.2) is 36.7 Å². The average molecular weight is 631 g/mol. The summed E-state index contributed by atoms with van der Waals surface area (Å²) in [5.74, 6) is -0.0926. The van der Waals surface area contributed by atoms with Gasteiger partial charge in [0, 0.05) is 23.0 Å². The number of nitrogens with zero attached hydrogens (tertiary/aromatic N) is 3. The van der Waals surface area contributed by atoms with Crippen molar-refractivity contribution in [3.05, 3.63) is 46.7 Å². The van der Waals surface area contributed by atoms with Crippen LogP contribution in [0.4, 0.5) is 17.2 Å². The lowest BCUT2D eigenvalue weighted by Crippen LogP contribution is -2.59. The van der Waals surface area contributed by atoms with E-state index in [1.54, 1.807) is 49.2 Å². The van der Waals surface area contributed by atoms with Crippen LogP contribution in [-0.2, 0) is 14.4 Å². The van der Waals surface area contributed by atoms with Crippen molar-refractivity contribution in [3.8, 4) is 5.75 Å². The molecule has 1 saturated heterocycles. The number of carbonyl (C=O) groups is 3. The Bertz CT molecular complexity index is 1530. The van der Waals surface area contributed by atoms with E-state index in [4.69, 9.17) is 27.9 Å². The zero-order valence-electron chi connectivity index (χ0n) is 25.0. The number of likely N-dealkylation sites (tertiary alicyclic amines) is 1. The molecule has 1 aromatic heterocycles. The van der Waals surface area contributed by atoms with E-state index in [0.717, 1.165) is 0 Å². The quantitative estimate of drug-likeness (QED) is 0.266. The van der Waals surface area contributed by atoms with E-state index in [0.29, 0.717) is 63.3 Å². The predicted octanol–water partition coefficient (Wildman–Crippen LogP) is 4.76. The fourth-order valence-corrected chi connectivity index (χ4v) is 5.36. The van der Waals surface area contributed by atoms with E-state index in [9.17, 15) is 14.4 Å². The minimum Gasteiger partial charge on any atom is -0.494 e. The number of hydrogen-bond acceptors (Lipinski definition) is 8. The number of nitrogens with one attached hydrogen (secondary N) is 4. The Morgan fingerprint density at radius 1 is 1.09 bits per heavy atom. The van der Waals surface area contributed by atoms with Crippen LogP contribution >= 0.6 is 23.2 Å². The number of fused-ring (bicyclic) bond motifs is 1. The van der Waals surface area contributed by atoms with Gasteiger partial charge in [0.05, 0.1) is 35.1 Å². The smallest absolute Gasteiger partial charge is 0.247 e. The maximum Gasteiger partial charge on any atom is 0.247 e. The van der Waals surface area contributed by atoms with Crippen LogP contribution in [-0.4, -0.2) is 71.4 Å². The second-order valence-corrected chi connectivity index (χ2v) is 12.4. The monoisotopic (exact) mass is 629 g/mol. The Kier molecular flexibility index (Phi) is 9.99. The third-order valence-corrected chi connectivity index (χ3v) is 8.01. The molecule has 0 aliphatic carbocycles. The molecule has 1 fully saturated rings. The van der Waals surface area contributed by atoms with E-state index in [1.165, 1.54) is 13.4 Å². The molecule has 0 saturated carbocycles. The second-order valence-electron chi connectivity index (χ2n) is 11.5. The molecule has 4 rings (SSSR count). The molecule has 1 aliphatic rings. The molecule has 2 heterocycles. The molecule has 43 heavy (non-hydrogen) atoms. The molecule has 3 aromatic rings. The predicted molar refractivity (Wildman–Crippen MR) is 169 cm³/mol. The van der Waals surface area contributed by atoms with Crippen LogP contribution in [0.2, 0.25) is 10.0 Å². The number of rotatable bonds is 9. The number of ether oxygens (including phenoxy) is 1. The van der Waals surface area contributed by atoms with Crippen LogP contribution in [0.25, 0.3) is 10.9 Å². The zero-order valence-corrected chi connectivity index (χ0v) is 26.6. The van der Waals surface area contributed by atoms with Crippen LogP contribution in [0.1, 0.15) is 40.5 Å². The minimum atomic E-state index is -0.815. The largest absolute Gasteiger partial charge is 0.494 e. The Morgan fingerprint density at radius 2 is 1.84 bits per heavy atom. The molecular weight excluding hydrogens is 593 g/mol. The molecule has 3 atom stereocenters. The fourth-order valence-electron chi connectivity index (χ4n) is 4.90. The first-order valence-corrected chi connectivity index (χ1v) is 14.7. The lowest BCUT2D eigenvalue weighted by molar-refractivity contribution is -0.143. The van der Waals surface area contributed by atoms with Gasteiger partial charge in [-0.2, -0.15) is 0 Å². The molecule has 1 unspecified atom stereocenters. The molecule has 3 amide bonds. The number of aromatic nitrogens is 2. The first-order valence-electron chi connectivity index (χ1n) is 14.0. The SMILES string of the molecule is CN[C@@H](C)C(=O)N[C@H](C(=O)N1CCCC1C(=O)Nc1cc2c(Nc3ccc(Cl)cc3Cl)ncnc2cc1OC)C(C)(C)C. The second kappa shape index (κ2) is 13.3. The molecule has 2 aromatic carbocycles. The number of halogens is 2. The summed E-state index contributed by atoms with van der Waals surface area (Å²) in [7, 11) is 3.18. The summed E-state index contributed by atoms with van der Waals surface area (Å²) in [6.07, 6.45) is 2.55. The summed E-state index contributed by atoms with van der Waals surface area (Å²) in [5, 5.41) is 13.5. The van der Waals surface area contributed by atoms with Crippen LogP contribution in [0.5, 0.6) is 5.75 Å². The molecule has 0 radical (unpaired) electrons. The van der Waals surface area contributed by atoms with Crippen molar-refractivity contribution in [1.82, 2.24) is 25.5 Å². The molecule has 0 bridgehead atoms. The average Bonchev–Trinajstić information content (AvgIpc) is 3.46. The Morgan fingerprint density at radius 3 is 2.49 bits per heavy atom. The van der Waals surface area contributed by atoms with E-state index >= 15 is 0 Å². The van der Waals surface area contributed by atoms with Gasteiger partial charge in [-0.1, -0.05) is 44.0 Å². The third-order valence-electron chi connectivity index (χ3n) is 7.46. The Labute approximate surface area is 261 Å². The highest BCUT2D eigenvalue weighted by Crippen LogP contribution is 2.35. The standard InChI is InChI=1S/C30H37Cl2N7O4/c1-16(33-5)27(40)38-25(30(2,3)4)29(42)39-11-7-8-23(39)28(41)37-22-13-18-21(14-24(22)43-6)34-15-35-26(18)36-20-10-9-17(31)12-19(20)32/h9-10,12-16,23,25,33H,7-8,11H2,1-6H3,(H,37,41)(H,38,40)(H,34,35,36)/t16-,23?,25+/m0/s1. The van der Waals surface area contributed by atoms with Gasteiger partial charge in [-0.3, -0.25) is 14.4 Å². The summed E-state index contributed by atoms with van der Waals surface area (Å²) in [5.41, 5.74) is 0.983. The number of carbonyl (C=O) groups excluding carboxylic acids is 3. The number of anilines is 3. The summed E-state index contributed by atoms with van der Waals surface area (Å²) < 4.78 is 5.58. The number of amides is 3. The first-order chi connectivity index (χ1) is 20.3. The minimum absolute atomic E-state index is 0.289. The van der Waals surface area contributed by atoms with E-state index in [2.05, 4.69) is 31.2 Å². The van der Waals surface area contributed by atoms with E-state index < -0.39 is 23.5 Å². The highest BCUT2D eigenvalue weighted by Gasteiger charge is 2.42. The van der Waals surface area contributed by atoms with Gasteiger partial charge in [0.1, 0.15) is 30.0 Å². The zero-order chi connectivity index (χ0) is 31.5. The first kappa shape index (κ1) is 32.2. The van der Waals surface area contributed by atoms with Gasteiger partial charge in [-0.25, -0.2) is 9.97 Å². The third kappa shape index (κ3) is 7.29. The van der Waals surface area contributed by atoms with Gasteiger partial charge in [-0.15, -0.1) is 0 Å². The van der Waals surface area contributed by atoms with Crippen molar-refractivity contribution in [1.29, 1.82) is 0 Å². The normalized spacial score (nSPS) is 16.5. The molecule has 4 N–H and O–H groups in total. The van der Waals surface area contributed by atoms with Crippen LogP contribution in [0, 0.1) is 5.41 Å². The highest BCUT2D eigenvalue weighted by molar-refractivity contribution is 6.36. The Balaban J connectivity index is 1.61. The molecular formula is C30H37Cl2N7O4. The van der Waals surface area contributed by atoms with Gasteiger partial charge >= 0.3 is 0 Å². The van der Waals surface area contributed by atoms with Crippen LogP contribution < -0.4 is 26.0 Å². The van der Waals surface area contributed by atoms with Gasteiger partial charge in [0.2, 0.25) is 17.7 Å². The summed E-state index contributed by atoms with van der Waals surface area (Å²) in [6.45, 7) is 7.78. The summed E-state index contributed by atoms with van der Waals surface area (Å²) in [6, 6.07) is 6.47. The van der Waals surface area contributed by atoms with E-state index in [-0.39, 0.29) is 17.7 Å². The van der Waals surface area contributed by atoms with Crippen molar-refractivity contribution < 1.29 is 19.1 Å². The molecule has 11 nitrogen and oxygen atoms in total. The maximum absolute atomic E-state index is 13.8. The van der Waals surface area contributed by atoms with Crippen molar-refractivity contribution in [2.75, 3.05) is 31.3 Å². The van der Waals surface area contributed by atoms with Crippen molar-refractivity contribution in [2.45, 2.75) is 58.7 Å². The fraction of sp³-hybridized carbons (Fsp3) is 0.433. The van der Waals surface area contributed by atoms with Gasteiger partial charge in [0.15, 0.2) is 0 Å². The maximum atomic E-state index is 13.8. The molecule has 13 heteroatoms. The van der Waals surface area contributed by atoms with Gasteiger partial charge in [-0.05, 0) is 56.5 Å². The number of hydrogen-bond donors (Lipinski definition) is 4. The molecule has 230 valence electrons. The number of benzene rings is 2. The van der Waals surface area contributed by atoms with Crippen molar-refractivity contribution in [2.24, 2.45) is 5.41 Å². The molecule has 0 spiro atoms. The lowest BCUT2D eigenvalue weighted by Gasteiger charge is -2.36. The number of likely N-dealkylation sites (N-methyl/N-ethyl adjacent to an activating group) is 1. The summed E-state index contributed by atoms with van der Waals surface area (Å²) in [4.78, 5) is 50.5. The van der Waals surface area contributed by atoms with Crippen molar-refractivity contribution in [3.63, 3.8) is 0 Å². The number of methoxy groups -OCH3 is 1. The molecule has 1 aliphatic heterocycles. The van der Waals surface area contributed by atoms with Gasteiger partial charge in [0.25, 0.3) is 0 Å². The lowest BCUT2D eigenvalue weighted by atomic mass is 9.85. The Hall–Kier alpha value is -3.67. The van der Waals surface area contributed by atoms with E-state index in [1.807, 2.05) is 20.8 Å². The topological polar surface area (TPSA) is 138 Å².